The fourth-order valence-corrected chi connectivity index (χ4v) is 2.21. The van der Waals surface area contributed by atoms with Crippen LogP contribution in [-0.2, 0) is 4.79 Å². The van der Waals surface area contributed by atoms with Crippen LogP contribution in [0.1, 0.15) is 32.6 Å². The molecule has 1 heterocycles. The van der Waals surface area contributed by atoms with Crippen molar-refractivity contribution in [3.63, 3.8) is 0 Å². The van der Waals surface area contributed by atoms with Crippen LogP contribution < -0.4 is 0 Å². The summed E-state index contributed by atoms with van der Waals surface area (Å²) in [5.41, 5.74) is 0. The van der Waals surface area contributed by atoms with Gasteiger partial charge in [-0.2, -0.15) is 0 Å². The Kier molecular flexibility index (Phi) is 5.05. The predicted molar refractivity (Wildman–Crippen MR) is 57.7 cm³/mol. The van der Waals surface area contributed by atoms with Gasteiger partial charge in [-0.15, -0.1) is 0 Å². The summed E-state index contributed by atoms with van der Waals surface area (Å²) in [4.78, 5) is 12.6. The van der Waals surface area contributed by atoms with Crippen LogP contribution in [0.4, 0.5) is 0 Å². The van der Waals surface area contributed by atoms with Gasteiger partial charge >= 0.3 is 5.97 Å². The van der Waals surface area contributed by atoms with Crippen LogP contribution in [0.25, 0.3) is 0 Å². The van der Waals surface area contributed by atoms with Gasteiger partial charge < -0.3 is 15.1 Å². The number of aliphatic hydroxyl groups is 1. The van der Waals surface area contributed by atoms with Crippen LogP contribution >= 0.6 is 0 Å². The van der Waals surface area contributed by atoms with Crippen LogP contribution in [0.2, 0.25) is 0 Å². The smallest absolute Gasteiger partial charge is 0.306 e. The molecule has 2 N–H and O–H groups in total. The van der Waals surface area contributed by atoms with Crippen molar-refractivity contribution < 1.29 is 15.0 Å². The van der Waals surface area contributed by atoms with Crippen molar-refractivity contribution in [3.8, 4) is 0 Å². The highest BCUT2D eigenvalue weighted by Crippen LogP contribution is 2.19. The van der Waals surface area contributed by atoms with Crippen LogP contribution in [0.3, 0.4) is 0 Å². The first-order chi connectivity index (χ1) is 7.11. The van der Waals surface area contributed by atoms with Crippen LogP contribution in [0, 0.1) is 5.92 Å². The zero-order valence-electron chi connectivity index (χ0n) is 9.35. The van der Waals surface area contributed by atoms with E-state index in [2.05, 4.69) is 11.8 Å². The Morgan fingerprint density at radius 2 is 2.33 bits per heavy atom. The number of likely N-dealkylation sites (tertiary alicyclic amines) is 1. The number of carboxylic acids is 1. The van der Waals surface area contributed by atoms with Gasteiger partial charge in [-0.1, -0.05) is 13.3 Å². The molecule has 1 rings (SSSR count). The first kappa shape index (κ1) is 12.5. The molecule has 1 saturated heterocycles. The Balaban J connectivity index is 2.27. The summed E-state index contributed by atoms with van der Waals surface area (Å²) in [6.45, 7) is 4.69. The van der Waals surface area contributed by atoms with Gasteiger partial charge in [0.05, 0.1) is 12.5 Å². The lowest BCUT2D eigenvalue weighted by Crippen LogP contribution is -2.40. The first-order valence-corrected chi connectivity index (χ1v) is 5.74. The minimum Gasteiger partial charge on any atom is -0.481 e. The number of piperidine rings is 1. The molecule has 0 aromatic heterocycles. The van der Waals surface area contributed by atoms with Gasteiger partial charge in [0.25, 0.3) is 0 Å². The Morgan fingerprint density at radius 3 is 2.93 bits per heavy atom. The molecule has 0 amide bonds. The Hall–Kier alpha value is -0.610. The van der Waals surface area contributed by atoms with Gasteiger partial charge in [0.1, 0.15) is 0 Å². The molecule has 1 aliphatic rings. The van der Waals surface area contributed by atoms with Gasteiger partial charge in [-0.05, 0) is 25.3 Å². The van der Waals surface area contributed by atoms with E-state index in [1.807, 2.05) is 0 Å². The zero-order chi connectivity index (χ0) is 11.3. The van der Waals surface area contributed by atoms with Gasteiger partial charge in [-0.25, -0.2) is 0 Å². The third-order valence-corrected chi connectivity index (χ3v) is 3.06. The number of β-amino-alcohol motifs (C(OH)–C–C–N with tert-alkyl or cyclic N) is 1. The lowest BCUT2D eigenvalue weighted by Gasteiger charge is -2.33. The molecule has 0 aromatic carbocycles. The van der Waals surface area contributed by atoms with Crippen molar-refractivity contribution in [1.82, 2.24) is 4.90 Å². The number of carboxylic acid groups (broad SMARTS) is 1. The van der Waals surface area contributed by atoms with Crippen LogP contribution in [0.15, 0.2) is 0 Å². The Morgan fingerprint density at radius 1 is 1.60 bits per heavy atom. The summed E-state index contributed by atoms with van der Waals surface area (Å²) in [6.07, 6.45) is 2.73. The summed E-state index contributed by atoms with van der Waals surface area (Å²) < 4.78 is 0. The predicted octanol–water partition coefficient (Wildman–Crippen LogP) is 0.944. The number of hydrogen-bond donors (Lipinski definition) is 2. The van der Waals surface area contributed by atoms with E-state index in [-0.39, 0.29) is 6.42 Å². The van der Waals surface area contributed by atoms with Crippen molar-refractivity contribution in [2.24, 2.45) is 5.92 Å². The topological polar surface area (TPSA) is 60.8 Å². The van der Waals surface area contributed by atoms with Crippen molar-refractivity contribution in [2.75, 3.05) is 19.6 Å². The number of aliphatic hydroxyl groups excluding tert-OH is 1. The minimum absolute atomic E-state index is 0.146. The van der Waals surface area contributed by atoms with E-state index in [9.17, 15) is 9.90 Å². The van der Waals surface area contributed by atoms with Crippen molar-refractivity contribution >= 4 is 5.97 Å². The normalized spacial score (nSPS) is 25.1. The lowest BCUT2D eigenvalue weighted by molar-refractivity contribution is -0.139. The second-order valence-electron chi connectivity index (χ2n) is 4.43. The summed E-state index contributed by atoms with van der Waals surface area (Å²) >= 11 is 0. The average molecular weight is 215 g/mol. The second kappa shape index (κ2) is 6.08. The number of aliphatic carboxylic acids is 1. The summed E-state index contributed by atoms with van der Waals surface area (Å²) in [6, 6.07) is 0. The monoisotopic (exact) mass is 215 g/mol. The summed E-state index contributed by atoms with van der Waals surface area (Å²) in [5, 5.41) is 18.0. The maximum Gasteiger partial charge on any atom is 0.306 e. The zero-order valence-corrected chi connectivity index (χ0v) is 9.35. The molecule has 0 saturated carbocycles. The summed E-state index contributed by atoms with van der Waals surface area (Å²) in [5.74, 6) is -0.206. The third kappa shape index (κ3) is 4.62. The molecule has 4 heteroatoms. The SMILES string of the molecule is CCC1CCCN(CC(O)CC(=O)O)C1. The molecule has 0 aliphatic carbocycles. The van der Waals surface area contributed by atoms with Crippen LogP contribution in [-0.4, -0.2) is 46.8 Å². The van der Waals surface area contributed by atoms with E-state index >= 15 is 0 Å². The van der Waals surface area contributed by atoms with E-state index in [0.29, 0.717) is 6.54 Å². The first-order valence-electron chi connectivity index (χ1n) is 5.74. The molecule has 2 unspecified atom stereocenters. The molecular formula is C11H21NO3. The van der Waals surface area contributed by atoms with Crippen LogP contribution in [0.5, 0.6) is 0 Å². The molecule has 0 aromatic rings. The Bertz CT molecular complexity index is 208. The quantitative estimate of drug-likeness (QED) is 0.716. The van der Waals surface area contributed by atoms with Gasteiger partial charge in [0.2, 0.25) is 0 Å². The van der Waals surface area contributed by atoms with E-state index in [0.717, 1.165) is 25.4 Å². The number of carbonyl (C=O) groups is 1. The highest BCUT2D eigenvalue weighted by atomic mass is 16.4. The van der Waals surface area contributed by atoms with Crippen molar-refractivity contribution in [3.05, 3.63) is 0 Å². The van der Waals surface area contributed by atoms with Gasteiger partial charge in [0.15, 0.2) is 0 Å². The average Bonchev–Trinajstić information content (AvgIpc) is 2.16. The molecule has 2 atom stereocenters. The third-order valence-electron chi connectivity index (χ3n) is 3.06. The fraction of sp³-hybridized carbons (Fsp3) is 0.909. The molecular weight excluding hydrogens is 194 g/mol. The molecule has 1 fully saturated rings. The lowest BCUT2D eigenvalue weighted by atomic mass is 9.95. The largest absolute Gasteiger partial charge is 0.481 e. The Labute approximate surface area is 90.9 Å². The highest BCUT2D eigenvalue weighted by molar-refractivity contribution is 5.67. The van der Waals surface area contributed by atoms with Gasteiger partial charge in [0, 0.05) is 13.1 Å². The van der Waals surface area contributed by atoms with E-state index in [1.54, 1.807) is 0 Å². The van der Waals surface area contributed by atoms with E-state index < -0.39 is 12.1 Å². The maximum absolute atomic E-state index is 10.4. The molecule has 0 bridgehead atoms. The standard InChI is InChI=1S/C11H21NO3/c1-2-9-4-3-5-12(7-9)8-10(13)6-11(14)15/h9-10,13H,2-8H2,1H3,(H,14,15). The van der Waals surface area contributed by atoms with Crippen molar-refractivity contribution in [2.45, 2.75) is 38.7 Å². The fourth-order valence-electron chi connectivity index (χ4n) is 2.21. The molecule has 15 heavy (non-hydrogen) atoms. The molecule has 0 radical (unpaired) electrons. The van der Waals surface area contributed by atoms with E-state index in [4.69, 9.17) is 5.11 Å². The summed E-state index contributed by atoms with van der Waals surface area (Å²) in [7, 11) is 0. The molecule has 4 nitrogen and oxygen atoms in total. The molecule has 88 valence electrons. The number of nitrogens with zero attached hydrogens (tertiary/aromatic N) is 1. The van der Waals surface area contributed by atoms with E-state index in [1.165, 1.54) is 12.8 Å². The minimum atomic E-state index is -0.924. The number of hydrogen-bond acceptors (Lipinski definition) is 3. The second-order valence-corrected chi connectivity index (χ2v) is 4.43. The number of rotatable bonds is 5. The van der Waals surface area contributed by atoms with Gasteiger partial charge in [-0.3, -0.25) is 4.79 Å². The highest BCUT2D eigenvalue weighted by Gasteiger charge is 2.21. The molecule has 1 aliphatic heterocycles. The van der Waals surface area contributed by atoms with Crippen molar-refractivity contribution in [1.29, 1.82) is 0 Å². The maximum atomic E-state index is 10.4. The molecule has 0 spiro atoms.